The lowest BCUT2D eigenvalue weighted by molar-refractivity contribution is 0.312. The van der Waals surface area contributed by atoms with Gasteiger partial charge in [0.1, 0.15) is 23.0 Å². The molecule has 1 fully saturated rings. The highest BCUT2D eigenvalue weighted by atomic mass is 16.5. The summed E-state index contributed by atoms with van der Waals surface area (Å²) in [5.74, 6) is 2.18. The fourth-order valence-corrected chi connectivity index (χ4v) is 4.21. The maximum absolute atomic E-state index is 7.97. The van der Waals surface area contributed by atoms with Crippen LogP contribution >= 0.6 is 0 Å². The smallest absolute Gasteiger partial charge is 0.325 e. The summed E-state index contributed by atoms with van der Waals surface area (Å²) >= 11 is 0. The first kappa shape index (κ1) is 22.1. The monoisotopic (exact) mass is 462 g/mol. The van der Waals surface area contributed by atoms with Crippen molar-refractivity contribution < 1.29 is 9.47 Å². The van der Waals surface area contributed by atoms with Gasteiger partial charge in [-0.1, -0.05) is 6.08 Å². The molecule has 0 radical (unpaired) electrons. The Morgan fingerprint density at radius 1 is 1.12 bits per heavy atom. The minimum absolute atomic E-state index is 0.315. The average Bonchev–Trinajstić information content (AvgIpc) is 3.31. The van der Waals surface area contributed by atoms with Crippen molar-refractivity contribution in [2.24, 2.45) is 4.99 Å². The molecule has 2 aliphatic heterocycles. The zero-order valence-corrected chi connectivity index (χ0v) is 19.8. The summed E-state index contributed by atoms with van der Waals surface area (Å²) in [6, 6.07) is 6.42. The van der Waals surface area contributed by atoms with Crippen LogP contribution in [-0.2, 0) is 6.42 Å². The molecule has 0 saturated carbocycles. The van der Waals surface area contributed by atoms with Crippen LogP contribution in [0.2, 0.25) is 0 Å². The fourth-order valence-electron chi connectivity index (χ4n) is 4.21. The molecule has 178 valence electrons. The number of rotatable bonds is 5. The number of anilines is 1. The predicted octanol–water partition coefficient (Wildman–Crippen LogP) is 2.00. The zero-order chi connectivity index (χ0) is 23.7. The van der Waals surface area contributed by atoms with Crippen molar-refractivity contribution in [3.05, 3.63) is 53.1 Å². The van der Waals surface area contributed by atoms with Crippen LogP contribution in [0.1, 0.15) is 19.2 Å². The molecule has 2 N–H and O–H groups in total. The Labute approximate surface area is 198 Å². The van der Waals surface area contributed by atoms with Gasteiger partial charge < -0.3 is 30.1 Å². The van der Waals surface area contributed by atoms with E-state index in [-0.39, 0.29) is 0 Å². The molecular formula is C24H30N8O2. The first-order valence-corrected chi connectivity index (χ1v) is 11.5. The van der Waals surface area contributed by atoms with Crippen molar-refractivity contribution in [1.29, 1.82) is 5.41 Å². The van der Waals surface area contributed by atoms with E-state index in [4.69, 9.17) is 19.9 Å². The van der Waals surface area contributed by atoms with Crippen molar-refractivity contribution >= 4 is 17.1 Å². The Bertz CT molecular complexity index is 1240. The molecule has 0 spiro atoms. The van der Waals surface area contributed by atoms with E-state index in [2.05, 4.69) is 38.3 Å². The minimum atomic E-state index is 0.315. The normalized spacial score (nSPS) is 18.9. The molecule has 0 atom stereocenters. The van der Waals surface area contributed by atoms with E-state index in [1.807, 2.05) is 25.1 Å². The number of fused-ring (bicyclic) bond motifs is 1. The summed E-state index contributed by atoms with van der Waals surface area (Å²) in [7, 11) is 3.80. The van der Waals surface area contributed by atoms with Gasteiger partial charge >= 0.3 is 6.01 Å². The van der Waals surface area contributed by atoms with Crippen LogP contribution < -0.4 is 25.4 Å². The van der Waals surface area contributed by atoms with Crippen LogP contribution in [0.4, 0.5) is 11.4 Å². The van der Waals surface area contributed by atoms with Crippen LogP contribution in [0, 0.1) is 5.41 Å². The van der Waals surface area contributed by atoms with Crippen molar-refractivity contribution in [2.45, 2.75) is 19.8 Å². The van der Waals surface area contributed by atoms with E-state index < -0.39 is 0 Å². The molecule has 10 nitrogen and oxygen atoms in total. The van der Waals surface area contributed by atoms with Crippen LogP contribution in [0.15, 0.2) is 46.7 Å². The van der Waals surface area contributed by atoms with Gasteiger partial charge in [0.05, 0.1) is 7.11 Å². The van der Waals surface area contributed by atoms with Gasteiger partial charge in [-0.2, -0.15) is 14.6 Å². The molecular weight excluding hydrogens is 432 g/mol. The van der Waals surface area contributed by atoms with Crippen LogP contribution in [0.3, 0.4) is 0 Å². The van der Waals surface area contributed by atoms with E-state index in [1.165, 1.54) is 0 Å². The summed E-state index contributed by atoms with van der Waals surface area (Å²) in [4.78, 5) is 18.6. The van der Waals surface area contributed by atoms with Crippen molar-refractivity contribution in [3.63, 3.8) is 0 Å². The molecule has 3 aliphatic rings. The third-order valence-corrected chi connectivity index (χ3v) is 6.28. The summed E-state index contributed by atoms with van der Waals surface area (Å²) in [5, 5.41) is 7.97. The number of nitrogens with zero attached hydrogens (tertiary/aromatic N) is 6. The number of piperazine rings is 1. The third-order valence-electron chi connectivity index (χ3n) is 6.28. The summed E-state index contributed by atoms with van der Waals surface area (Å²) in [6.45, 7) is 6.75. The highest BCUT2D eigenvalue weighted by Crippen LogP contribution is 2.32. The van der Waals surface area contributed by atoms with Crippen molar-refractivity contribution in [3.8, 4) is 11.8 Å². The SMILES string of the molecule is COc1cc(N2CCN(C)CC2)ccc1N=c1nc2n(c(OC3=C(C)C=CC(=N)C3)n1)NCC2. The lowest BCUT2D eigenvalue weighted by atomic mass is 10.1. The molecule has 0 unspecified atom stereocenters. The second kappa shape index (κ2) is 9.30. The van der Waals surface area contributed by atoms with Gasteiger partial charge in [0.15, 0.2) is 0 Å². The highest BCUT2D eigenvalue weighted by molar-refractivity contribution is 5.95. The Balaban J connectivity index is 1.48. The summed E-state index contributed by atoms with van der Waals surface area (Å²) in [5.41, 5.74) is 6.82. The summed E-state index contributed by atoms with van der Waals surface area (Å²) in [6.07, 6.45) is 4.85. The van der Waals surface area contributed by atoms with E-state index in [0.717, 1.165) is 56.2 Å². The van der Waals surface area contributed by atoms with E-state index >= 15 is 0 Å². The molecule has 34 heavy (non-hydrogen) atoms. The van der Waals surface area contributed by atoms with Gasteiger partial charge in [0.2, 0.25) is 0 Å². The Morgan fingerprint density at radius 2 is 1.94 bits per heavy atom. The quantitative estimate of drug-likeness (QED) is 0.700. The first-order chi connectivity index (χ1) is 16.5. The minimum Gasteiger partial charge on any atom is -0.494 e. The zero-order valence-electron chi connectivity index (χ0n) is 19.8. The topological polar surface area (TPSA) is 104 Å². The average molecular weight is 463 g/mol. The number of benzene rings is 1. The maximum atomic E-state index is 7.97. The number of ether oxygens (including phenoxy) is 2. The van der Waals surface area contributed by atoms with E-state index in [1.54, 1.807) is 17.9 Å². The predicted molar refractivity (Wildman–Crippen MR) is 131 cm³/mol. The van der Waals surface area contributed by atoms with Gasteiger partial charge in [-0.25, -0.2) is 4.99 Å². The fraction of sp³-hybridized carbons (Fsp3) is 0.417. The molecule has 2 aromatic rings. The molecule has 0 amide bonds. The number of nitrogens with one attached hydrogen (secondary N) is 2. The number of allylic oxidation sites excluding steroid dienone is 4. The Morgan fingerprint density at radius 3 is 2.74 bits per heavy atom. The number of hydrogen-bond acceptors (Lipinski definition) is 9. The largest absolute Gasteiger partial charge is 0.494 e. The molecule has 10 heteroatoms. The third kappa shape index (κ3) is 4.54. The van der Waals surface area contributed by atoms with Gasteiger partial charge in [-0.3, -0.25) is 0 Å². The molecule has 5 rings (SSSR count). The van der Waals surface area contributed by atoms with E-state index in [0.29, 0.717) is 41.0 Å². The second-order valence-corrected chi connectivity index (χ2v) is 8.72. The maximum Gasteiger partial charge on any atom is 0.325 e. The van der Waals surface area contributed by atoms with Gasteiger partial charge in [0.25, 0.3) is 5.62 Å². The Kier molecular flexibility index (Phi) is 6.06. The van der Waals surface area contributed by atoms with E-state index in [9.17, 15) is 0 Å². The Hall–Kier alpha value is -3.66. The number of methoxy groups -OCH3 is 1. The molecule has 0 bridgehead atoms. The summed E-state index contributed by atoms with van der Waals surface area (Å²) < 4.78 is 13.6. The number of likely N-dealkylation sites (N-methyl/N-ethyl adjacent to an activating group) is 1. The van der Waals surface area contributed by atoms with Gasteiger partial charge in [0, 0.05) is 63.0 Å². The van der Waals surface area contributed by atoms with Gasteiger partial charge in [-0.15, -0.1) is 0 Å². The van der Waals surface area contributed by atoms with Crippen LogP contribution in [0.5, 0.6) is 11.8 Å². The lowest BCUT2D eigenvalue weighted by Gasteiger charge is -2.34. The molecule has 1 aliphatic carbocycles. The first-order valence-electron chi connectivity index (χ1n) is 11.5. The standard InChI is InChI=1S/C24H30N8O2/c1-16-4-5-17(25)14-20(16)34-24-29-23(28-22-8-9-26-32(22)24)27-19-7-6-18(15-21(19)33-3)31-12-10-30(2)11-13-31/h4-7,15,25-26H,8-14H2,1-3H3. The lowest BCUT2D eigenvalue weighted by Crippen LogP contribution is -2.44. The molecule has 1 aromatic carbocycles. The number of hydrogen-bond donors (Lipinski definition) is 2. The molecule has 1 aromatic heterocycles. The van der Waals surface area contributed by atoms with Crippen molar-refractivity contribution in [1.82, 2.24) is 19.5 Å². The van der Waals surface area contributed by atoms with Gasteiger partial charge in [-0.05, 0) is 37.8 Å². The molecule has 3 heterocycles. The van der Waals surface area contributed by atoms with Crippen LogP contribution in [-0.4, -0.2) is 72.1 Å². The second-order valence-electron chi connectivity index (χ2n) is 8.72. The highest BCUT2D eigenvalue weighted by Gasteiger charge is 2.21. The number of aromatic nitrogens is 3. The molecule has 1 saturated heterocycles. The van der Waals surface area contributed by atoms with Crippen LogP contribution in [0.25, 0.3) is 0 Å². The van der Waals surface area contributed by atoms with Crippen molar-refractivity contribution in [2.75, 3.05) is 57.2 Å².